The van der Waals surface area contributed by atoms with Crippen LogP contribution in [-0.2, 0) is 11.3 Å². The molecule has 2 rings (SSSR count). The Labute approximate surface area is 157 Å². The molecule has 0 aliphatic rings. The Hall–Kier alpha value is -2.53. The van der Waals surface area contributed by atoms with Crippen LogP contribution in [0.15, 0.2) is 36.4 Å². The first kappa shape index (κ1) is 19.8. The molecule has 4 nitrogen and oxygen atoms in total. The average Bonchev–Trinajstić information content (AvgIpc) is 2.61. The van der Waals surface area contributed by atoms with Gasteiger partial charge in [0.05, 0.1) is 18.7 Å². The van der Waals surface area contributed by atoms with E-state index in [0.29, 0.717) is 40.8 Å². The van der Waals surface area contributed by atoms with Crippen molar-refractivity contribution in [3.63, 3.8) is 0 Å². The highest BCUT2D eigenvalue weighted by molar-refractivity contribution is 6.32. The Morgan fingerprint density at radius 3 is 2.73 bits per heavy atom. The smallest absolute Gasteiger partial charge is 0.244 e. The van der Waals surface area contributed by atoms with Crippen LogP contribution in [0, 0.1) is 12.7 Å². The summed E-state index contributed by atoms with van der Waals surface area (Å²) in [5, 5.41) is 3.16. The number of halogens is 2. The minimum absolute atomic E-state index is 0.263. The van der Waals surface area contributed by atoms with E-state index in [4.69, 9.17) is 21.1 Å². The van der Waals surface area contributed by atoms with E-state index in [1.807, 2.05) is 6.92 Å². The Kier molecular flexibility index (Phi) is 7.04. The number of carbonyl (C=O) groups excluding carboxylic acids is 1. The Bertz CT molecular complexity index is 821. The summed E-state index contributed by atoms with van der Waals surface area (Å²) in [5.41, 5.74) is 2.09. The second-order valence-electron chi connectivity index (χ2n) is 5.60. The molecule has 0 saturated heterocycles. The fraction of sp³-hybridized carbons (Fsp3) is 0.250. The number of benzene rings is 2. The van der Waals surface area contributed by atoms with Gasteiger partial charge in [0.1, 0.15) is 5.82 Å². The molecule has 0 unspecified atom stereocenters. The Morgan fingerprint density at radius 2 is 2.08 bits per heavy atom. The molecule has 138 valence electrons. The molecular weight excluding hydrogens is 357 g/mol. The van der Waals surface area contributed by atoms with E-state index in [2.05, 4.69) is 5.32 Å². The van der Waals surface area contributed by atoms with Crippen molar-refractivity contribution in [1.82, 2.24) is 5.32 Å². The van der Waals surface area contributed by atoms with Gasteiger partial charge in [-0.25, -0.2) is 4.39 Å². The van der Waals surface area contributed by atoms with Crippen LogP contribution in [0.5, 0.6) is 11.5 Å². The van der Waals surface area contributed by atoms with Crippen molar-refractivity contribution in [2.75, 3.05) is 13.7 Å². The largest absolute Gasteiger partial charge is 0.491 e. The van der Waals surface area contributed by atoms with Gasteiger partial charge < -0.3 is 14.8 Å². The number of aryl methyl sites for hydroxylation is 1. The lowest BCUT2D eigenvalue weighted by atomic mass is 10.1. The van der Waals surface area contributed by atoms with Crippen molar-refractivity contribution in [2.24, 2.45) is 0 Å². The number of hydrogen-bond donors (Lipinski definition) is 1. The van der Waals surface area contributed by atoms with Crippen LogP contribution in [-0.4, -0.2) is 19.6 Å². The number of nitrogens with one attached hydrogen (secondary N) is 1. The summed E-state index contributed by atoms with van der Waals surface area (Å²) in [6, 6.07) is 8.18. The maximum Gasteiger partial charge on any atom is 0.244 e. The molecule has 1 amide bonds. The van der Waals surface area contributed by atoms with Gasteiger partial charge in [0.2, 0.25) is 5.91 Å². The highest BCUT2D eigenvalue weighted by Crippen LogP contribution is 2.36. The predicted octanol–water partition coefficient (Wildman–Crippen LogP) is 4.52. The van der Waals surface area contributed by atoms with Crippen LogP contribution in [0.4, 0.5) is 4.39 Å². The number of amides is 1. The molecule has 6 heteroatoms. The van der Waals surface area contributed by atoms with Crippen LogP contribution < -0.4 is 14.8 Å². The predicted molar refractivity (Wildman–Crippen MR) is 101 cm³/mol. The van der Waals surface area contributed by atoms with E-state index < -0.39 is 0 Å². The standard InChI is InChI=1S/C20H21ClFNO3/c1-4-26-18-11-14(10-16(21)20(18)25-3)6-8-19(24)23-12-15-5-7-17(22)13(2)9-15/h5-11H,4,12H2,1-3H3,(H,23,24)/b8-6+. The molecule has 0 spiro atoms. The van der Waals surface area contributed by atoms with E-state index in [1.165, 1.54) is 19.3 Å². The first-order valence-electron chi connectivity index (χ1n) is 8.15. The van der Waals surface area contributed by atoms with Gasteiger partial charge in [-0.1, -0.05) is 23.7 Å². The lowest BCUT2D eigenvalue weighted by molar-refractivity contribution is -0.116. The number of hydrogen-bond acceptors (Lipinski definition) is 3. The second kappa shape index (κ2) is 9.25. The summed E-state index contributed by atoms with van der Waals surface area (Å²) in [6.45, 7) is 4.33. The van der Waals surface area contributed by atoms with Crippen molar-refractivity contribution in [3.8, 4) is 11.5 Å². The lowest BCUT2D eigenvalue weighted by Crippen LogP contribution is -2.20. The lowest BCUT2D eigenvalue weighted by Gasteiger charge is -2.11. The van der Waals surface area contributed by atoms with Crippen molar-refractivity contribution >= 4 is 23.6 Å². The molecule has 2 aromatic carbocycles. The molecule has 1 N–H and O–H groups in total. The summed E-state index contributed by atoms with van der Waals surface area (Å²) < 4.78 is 24.0. The van der Waals surface area contributed by atoms with Gasteiger partial charge in [-0.2, -0.15) is 0 Å². The molecule has 0 aliphatic heterocycles. The molecule has 0 atom stereocenters. The van der Waals surface area contributed by atoms with Crippen LogP contribution in [0.25, 0.3) is 6.08 Å². The molecule has 0 bridgehead atoms. The summed E-state index contributed by atoms with van der Waals surface area (Å²) in [4.78, 5) is 12.0. The maximum absolute atomic E-state index is 13.3. The molecule has 0 aromatic heterocycles. The van der Waals surface area contributed by atoms with Gasteiger partial charge in [0, 0.05) is 12.6 Å². The highest BCUT2D eigenvalue weighted by atomic mass is 35.5. The van der Waals surface area contributed by atoms with E-state index in [-0.39, 0.29) is 11.7 Å². The topological polar surface area (TPSA) is 47.6 Å². The third kappa shape index (κ3) is 5.23. The summed E-state index contributed by atoms with van der Waals surface area (Å²) in [5.74, 6) is 0.449. The maximum atomic E-state index is 13.3. The first-order valence-corrected chi connectivity index (χ1v) is 8.53. The van der Waals surface area contributed by atoms with Crippen LogP contribution in [0.3, 0.4) is 0 Å². The third-order valence-corrected chi connectivity index (χ3v) is 3.93. The normalized spacial score (nSPS) is 10.8. The van der Waals surface area contributed by atoms with Gasteiger partial charge in [-0.05, 0) is 54.8 Å². The number of ether oxygens (including phenoxy) is 2. The Balaban J connectivity index is 2.04. The molecular formula is C20H21ClFNO3. The molecule has 0 fully saturated rings. The summed E-state index contributed by atoms with van der Waals surface area (Å²) in [6.07, 6.45) is 3.04. The molecule has 0 radical (unpaired) electrons. The van der Waals surface area contributed by atoms with E-state index >= 15 is 0 Å². The Morgan fingerprint density at radius 1 is 1.31 bits per heavy atom. The van der Waals surface area contributed by atoms with Crippen molar-refractivity contribution in [1.29, 1.82) is 0 Å². The molecule has 2 aromatic rings. The highest BCUT2D eigenvalue weighted by Gasteiger charge is 2.10. The summed E-state index contributed by atoms with van der Waals surface area (Å²) in [7, 11) is 1.52. The van der Waals surface area contributed by atoms with Gasteiger partial charge >= 0.3 is 0 Å². The number of rotatable bonds is 7. The third-order valence-electron chi connectivity index (χ3n) is 3.65. The van der Waals surface area contributed by atoms with Crippen LogP contribution in [0.2, 0.25) is 5.02 Å². The average molecular weight is 378 g/mol. The monoisotopic (exact) mass is 377 g/mol. The minimum atomic E-state index is -0.267. The van der Waals surface area contributed by atoms with Gasteiger partial charge in [0.15, 0.2) is 11.5 Å². The fourth-order valence-electron chi connectivity index (χ4n) is 2.38. The van der Waals surface area contributed by atoms with Crippen LogP contribution >= 0.6 is 11.6 Å². The zero-order valence-electron chi connectivity index (χ0n) is 14.9. The van der Waals surface area contributed by atoms with Crippen molar-refractivity contribution < 1.29 is 18.7 Å². The number of methoxy groups -OCH3 is 1. The van der Waals surface area contributed by atoms with Gasteiger partial charge in [0.25, 0.3) is 0 Å². The van der Waals surface area contributed by atoms with Crippen LogP contribution in [0.1, 0.15) is 23.6 Å². The number of carbonyl (C=O) groups is 1. The molecule has 0 aliphatic carbocycles. The quantitative estimate of drug-likeness (QED) is 0.721. The van der Waals surface area contributed by atoms with E-state index in [9.17, 15) is 9.18 Å². The molecule has 26 heavy (non-hydrogen) atoms. The second-order valence-corrected chi connectivity index (χ2v) is 6.01. The van der Waals surface area contributed by atoms with Crippen molar-refractivity contribution in [2.45, 2.75) is 20.4 Å². The molecule has 0 heterocycles. The summed E-state index contributed by atoms with van der Waals surface area (Å²) >= 11 is 6.18. The van der Waals surface area contributed by atoms with Gasteiger partial charge in [-0.3, -0.25) is 4.79 Å². The zero-order valence-corrected chi connectivity index (χ0v) is 15.7. The van der Waals surface area contributed by atoms with E-state index in [0.717, 1.165) is 5.56 Å². The van der Waals surface area contributed by atoms with Gasteiger partial charge in [-0.15, -0.1) is 0 Å². The fourth-order valence-corrected chi connectivity index (χ4v) is 2.68. The van der Waals surface area contributed by atoms with E-state index in [1.54, 1.807) is 37.3 Å². The minimum Gasteiger partial charge on any atom is -0.491 e. The SMILES string of the molecule is CCOc1cc(/C=C/C(=O)NCc2ccc(F)c(C)c2)cc(Cl)c1OC. The molecule has 0 saturated carbocycles. The van der Waals surface area contributed by atoms with Crippen molar-refractivity contribution in [3.05, 3.63) is 63.9 Å². The first-order chi connectivity index (χ1) is 12.4. The zero-order chi connectivity index (χ0) is 19.1.